The van der Waals surface area contributed by atoms with Gasteiger partial charge in [-0.2, -0.15) is 8.42 Å². The van der Waals surface area contributed by atoms with E-state index in [-0.39, 0.29) is 24.9 Å². The van der Waals surface area contributed by atoms with Gasteiger partial charge in [0.25, 0.3) is 10.1 Å². The van der Waals surface area contributed by atoms with Crippen molar-refractivity contribution >= 4 is 10.1 Å². The maximum atomic E-state index is 10.5. The molecule has 5 nitrogen and oxygen atoms in total. The minimum Gasteiger partial charge on any atom is -0.376 e. The van der Waals surface area contributed by atoms with E-state index in [0.717, 1.165) is 5.56 Å². The summed E-state index contributed by atoms with van der Waals surface area (Å²) >= 11 is 0. The molecule has 1 aromatic carbocycles. The zero-order chi connectivity index (χ0) is 14.1. The quantitative estimate of drug-likeness (QED) is 0.555. The molecule has 0 aliphatic carbocycles. The lowest BCUT2D eigenvalue weighted by molar-refractivity contribution is -0.0116. The van der Waals surface area contributed by atoms with E-state index in [1.807, 2.05) is 37.3 Å². The Kier molecular flexibility index (Phi) is 7.01. The van der Waals surface area contributed by atoms with Gasteiger partial charge in [-0.05, 0) is 18.9 Å². The molecular weight excluding hydrogens is 268 g/mol. The van der Waals surface area contributed by atoms with Crippen molar-refractivity contribution < 1.29 is 22.4 Å². The van der Waals surface area contributed by atoms with Crippen LogP contribution in [0.15, 0.2) is 30.3 Å². The molecule has 0 aliphatic rings. The van der Waals surface area contributed by atoms with E-state index in [9.17, 15) is 8.42 Å². The van der Waals surface area contributed by atoms with Gasteiger partial charge in [-0.1, -0.05) is 30.3 Å². The summed E-state index contributed by atoms with van der Waals surface area (Å²) in [6.45, 7) is 3.12. The zero-order valence-electron chi connectivity index (χ0n) is 11.0. The predicted molar refractivity (Wildman–Crippen MR) is 72.5 cm³/mol. The molecule has 0 aromatic heterocycles. The second kappa shape index (κ2) is 8.27. The number of hydrogen-bond donors (Lipinski definition) is 1. The van der Waals surface area contributed by atoms with Crippen LogP contribution in [0.2, 0.25) is 0 Å². The molecule has 1 rings (SSSR count). The lowest BCUT2D eigenvalue weighted by Gasteiger charge is -2.13. The summed E-state index contributed by atoms with van der Waals surface area (Å²) in [4.78, 5) is 0. The normalized spacial score (nSPS) is 13.4. The Labute approximate surface area is 114 Å². The van der Waals surface area contributed by atoms with Crippen molar-refractivity contribution in [2.24, 2.45) is 0 Å². The van der Waals surface area contributed by atoms with Crippen LogP contribution in [0.3, 0.4) is 0 Å². The molecule has 19 heavy (non-hydrogen) atoms. The standard InChI is InChI=1S/C13H20O5S/c1-12(18-8-5-9-19(14,15)16)10-17-11-13-6-3-2-4-7-13/h2-4,6-7,12H,5,8-11H2,1H3,(H,14,15,16)/t12-/m0/s1. The Morgan fingerprint density at radius 2 is 1.95 bits per heavy atom. The van der Waals surface area contributed by atoms with Crippen LogP contribution in [-0.2, 0) is 26.2 Å². The molecular formula is C13H20O5S. The topological polar surface area (TPSA) is 72.8 Å². The molecule has 6 heteroatoms. The van der Waals surface area contributed by atoms with Crippen molar-refractivity contribution in [3.05, 3.63) is 35.9 Å². The van der Waals surface area contributed by atoms with E-state index in [0.29, 0.717) is 13.2 Å². The Balaban J connectivity index is 2.07. The Morgan fingerprint density at radius 3 is 2.58 bits per heavy atom. The van der Waals surface area contributed by atoms with Crippen LogP contribution in [0.4, 0.5) is 0 Å². The molecule has 1 N–H and O–H groups in total. The SMILES string of the molecule is C[C@@H](COCc1ccccc1)OCCCS(=O)(=O)O. The van der Waals surface area contributed by atoms with Crippen LogP contribution in [0, 0.1) is 0 Å². The van der Waals surface area contributed by atoms with Gasteiger partial charge in [0.2, 0.25) is 0 Å². The molecule has 0 bridgehead atoms. The van der Waals surface area contributed by atoms with Crippen LogP contribution in [0.1, 0.15) is 18.9 Å². The van der Waals surface area contributed by atoms with E-state index in [2.05, 4.69) is 0 Å². The molecule has 0 fully saturated rings. The minimum atomic E-state index is -3.89. The van der Waals surface area contributed by atoms with Gasteiger partial charge in [0.05, 0.1) is 25.1 Å². The summed E-state index contributed by atoms with van der Waals surface area (Å²) in [5, 5.41) is 0. The van der Waals surface area contributed by atoms with Crippen LogP contribution >= 0.6 is 0 Å². The first-order chi connectivity index (χ1) is 8.97. The highest BCUT2D eigenvalue weighted by molar-refractivity contribution is 7.85. The number of hydrogen-bond acceptors (Lipinski definition) is 4. The number of benzene rings is 1. The van der Waals surface area contributed by atoms with Gasteiger partial charge in [-0.3, -0.25) is 4.55 Å². The Hall–Kier alpha value is -0.950. The van der Waals surface area contributed by atoms with Crippen LogP contribution in [-0.4, -0.2) is 38.0 Å². The van der Waals surface area contributed by atoms with Crippen molar-refractivity contribution in [3.8, 4) is 0 Å². The Morgan fingerprint density at radius 1 is 1.26 bits per heavy atom. The van der Waals surface area contributed by atoms with Crippen LogP contribution in [0.5, 0.6) is 0 Å². The van der Waals surface area contributed by atoms with Gasteiger partial charge in [0, 0.05) is 6.61 Å². The van der Waals surface area contributed by atoms with Gasteiger partial charge < -0.3 is 9.47 Å². The summed E-state index contributed by atoms with van der Waals surface area (Å²) in [5.41, 5.74) is 1.10. The second-order valence-electron chi connectivity index (χ2n) is 4.32. The van der Waals surface area contributed by atoms with E-state index in [1.54, 1.807) is 0 Å². The molecule has 0 spiro atoms. The average Bonchev–Trinajstić information content (AvgIpc) is 2.35. The van der Waals surface area contributed by atoms with Crippen molar-refractivity contribution in [2.75, 3.05) is 19.0 Å². The third-order valence-corrected chi connectivity index (χ3v) is 3.22. The van der Waals surface area contributed by atoms with E-state index >= 15 is 0 Å². The van der Waals surface area contributed by atoms with E-state index in [4.69, 9.17) is 14.0 Å². The van der Waals surface area contributed by atoms with Gasteiger partial charge >= 0.3 is 0 Å². The third-order valence-electron chi connectivity index (χ3n) is 2.41. The maximum absolute atomic E-state index is 10.5. The monoisotopic (exact) mass is 288 g/mol. The smallest absolute Gasteiger partial charge is 0.264 e. The number of ether oxygens (including phenoxy) is 2. The zero-order valence-corrected chi connectivity index (χ0v) is 11.8. The fourth-order valence-corrected chi connectivity index (χ4v) is 1.97. The molecule has 0 saturated carbocycles. The maximum Gasteiger partial charge on any atom is 0.264 e. The molecule has 0 heterocycles. The van der Waals surface area contributed by atoms with Crippen molar-refractivity contribution in [3.63, 3.8) is 0 Å². The highest BCUT2D eigenvalue weighted by Crippen LogP contribution is 2.02. The molecule has 1 atom stereocenters. The molecule has 0 saturated heterocycles. The van der Waals surface area contributed by atoms with E-state index in [1.165, 1.54) is 0 Å². The van der Waals surface area contributed by atoms with Crippen molar-refractivity contribution in [2.45, 2.75) is 26.1 Å². The molecule has 0 amide bonds. The molecule has 0 aliphatic heterocycles. The van der Waals surface area contributed by atoms with Crippen LogP contribution in [0.25, 0.3) is 0 Å². The second-order valence-corrected chi connectivity index (χ2v) is 5.89. The number of rotatable bonds is 9. The highest BCUT2D eigenvalue weighted by atomic mass is 32.2. The fourth-order valence-electron chi connectivity index (χ4n) is 1.49. The molecule has 0 radical (unpaired) electrons. The summed E-state index contributed by atoms with van der Waals surface area (Å²) in [6.07, 6.45) is 0.173. The van der Waals surface area contributed by atoms with Gasteiger partial charge in [0.1, 0.15) is 0 Å². The fraction of sp³-hybridized carbons (Fsp3) is 0.538. The summed E-state index contributed by atoms with van der Waals surface area (Å²) in [5.74, 6) is -0.273. The van der Waals surface area contributed by atoms with Crippen molar-refractivity contribution in [1.29, 1.82) is 0 Å². The summed E-state index contributed by atoms with van der Waals surface area (Å²) < 4.78 is 40.4. The molecule has 1 aromatic rings. The highest BCUT2D eigenvalue weighted by Gasteiger charge is 2.06. The van der Waals surface area contributed by atoms with Gasteiger partial charge in [-0.25, -0.2) is 0 Å². The molecule has 108 valence electrons. The minimum absolute atomic E-state index is 0.106. The first kappa shape index (κ1) is 16.1. The van der Waals surface area contributed by atoms with Crippen molar-refractivity contribution in [1.82, 2.24) is 0 Å². The average molecular weight is 288 g/mol. The lowest BCUT2D eigenvalue weighted by atomic mass is 10.2. The first-order valence-electron chi connectivity index (χ1n) is 6.16. The largest absolute Gasteiger partial charge is 0.376 e. The predicted octanol–water partition coefficient (Wildman–Crippen LogP) is 1.89. The first-order valence-corrected chi connectivity index (χ1v) is 7.77. The lowest BCUT2D eigenvalue weighted by Crippen LogP contribution is -2.18. The Bertz CT molecular complexity index is 443. The third kappa shape index (κ3) is 8.72. The van der Waals surface area contributed by atoms with Gasteiger partial charge in [0.15, 0.2) is 0 Å². The van der Waals surface area contributed by atoms with Crippen LogP contribution < -0.4 is 0 Å². The summed E-state index contributed by atoms with van der Waals surface area (Å²) in [7, 11) is -3.89. The summed E-state index contributed by atoms with van der Waals surface area (Å²) in [6, 6.07) is 9.82. The molecule has 0 unspecified atom stereocenters. The van der Waals surface area contributed by atoms with Gasteiger partial charge in [-0.15, -0.1) is 0 Å². The van der Waals surface area contributed by atoms with E-state index < -0.39 is 10.1 Å².